The average molecular weight is 591 g/mol. The van der Waals surface area contributed by atoms with Crippen LogP contribution in [-0.4, -0.2) is 34.9 Å². The van der Waals surface area contributed by atoms with Gasteiger partial charge in [-0.3, -0.25) is 4.79 Å². The Labute approximate surface area is 251 Å². The predicted octanol–water partition coefficient (Wildman–Crippen LogP) is 7.16. The van der Waals surface area contributed by atoms with Gasteiger partial charge in [-0.05, 0) is 79.1 Å². The minimum Gasteiger partial charge on any atom is -0.493 e. The van der Waals surface area contributed by atoms with Gasteiger partial charge in [-0.2, -0.15) is 0 Å². The molecule has 42 heavy (non-hydrogen) atoms. The number of carboxylic acids is 1. The zero-order chi connectivity index (χ0) is 28.6. The zero-order valence-corrected chi connectivity index (χ0v) is 24.3. The van der Waals surface area contributed by atoms with Crippen LogP contribution in [0.15, 0.2) is 77.2 Å². The number of carbonyl (C=O) groups is 2. The van der Waals surface area contributed by atoms with Crippen LogP contribution in [0.2, 0.25) is 0 Å². The molecule has 3 aromatic carbocycles. The summed E-state index contributed by atoms with van der Waals surface area (Å²) in [5, 5.41) is 11.9. The number of carboxylic acid groups (broad SMARTS) is 1. The number of amides is 1. The fourth-order valence-corrected chi connectivity index (χ4v) is 4.68. The molecule has 1 amide bonds. The summed E-state index contributed by atoms with van der Waals surface area (Å²) in [7, 11) is 0. The van der Waals surface area contributed by atoms with Crippen molar-refractivity contribution in [1.29, 1.82) is 0 Å². The van der Waals surface area contributed by atoms with Crippen LogP contribution >= 0.6 is 12.4 Å². The van der Waals surface area contributed by atoms with E-state index >= 15 is 0 Å². The molecule has 2 N–H and O–H groups in total. The number of benzene rings is 3. The molecule has 0 spiro atoms. The van der Waals surface area contributed by atoms with Crippen molar-refractivity contribution in [3.63, 3.8) is 0 Å². The second-order valence-electron chi connectivity index (χ2n) is 10.2. The van der Waals surface area contributed by atoms with Crippen molar-refractivity contribution in [2.45, 2.75) is 58.1 Å². The molecule has 1 aromatic heterocycles. The van der Waals surface area contributed by atoms with Crippen molar-refractivity contribution in [1.82, 2.24) is 10.3 Å². The molecule has 0 bridgehead atoms. The number of hydrogen-bond acceptors (Lipinski definition) is 6. The van der Waals surface area contributed by atoms with Crippen LogP contribution in [0.3, 0.4) is 0 Å². The van der Waals surface area contributed by atoms with Crippen LogP contribution in [0.5, 0.6) is 5.75 Å². The van der Waals surface area contributed by atoms with Crippen LogP contribution in [-0.2, 0) is 28.9 Å². The first-order valence-corrected chi connectivity index (χ1v) is 14.0. The third-order valence-electron chi connectivity index (χ3n) is 7.27. The van der Waals surface area contributed by atoms with Gasteiger partial charge < -0.3 is 24.3 Å². The normalized spacial score (nSPS) is 12.6. The summed E-state index contributed by atoms with van der Waals surface area (Å²) in [6.45, 7) is 2.51. The largest absolute Gasteiger partial charge is 0.493 e. The lowest BCUT2D eigenvalue weighted by atomic mass is 9.96. The number of oxazole rings is 1. The first kappa shape index (κ1) is 30.7. The summed E-state index contributed by atoms with van der Waals surface area (Å²) in [6, 6.07) is 23.9. The number of nitrogens with one attached hydrogen (secondary N) is 1. The number of hydrogen-bond donors (Lipinski definition) is 2. The SMILES string of the molecule is Cc1oc(-c2ccc(-c3ccccc3)cc2)nc1CCOc1ccc(CCC(=O)O)c(CNC(=O)OC2CCC2)c1.Cl. The van der Waals surface area contributed by atoms with E-state index in [0.29, 0.717) is 31.1 Å². The van der Waals surface area contributed by atoms with Crippen molar-refractivity contribution >= 4 is 24.5 Å². The van der Waals surface area contributed by atoms with E-state index in [-0.39, 0.29) is 31.5 Å². The Morgan fingerprint density at radius 3 is 2.36 bits per heavy atom. The molecule has 0 aliphatic heterocycles. The number of aromatic nitrogens is 1. The van der Waals surface area contributed by atoms with E-state index in [2.05, 4.69) is 29.6 Å². The van der Waals surface area contributed by atoms with Crippen molar-refractivity contribution in [3.05, 3.63) is 95.4 Å². The fraction of sp³-hybridized carbons (Fsp3) is 0.303. The predicted molar refractivity (Wildman–Crippen MR) is 162 cm³/mol. The van der Waals surface area contributed by atoms with Gasteiger partial charge in [0.1, 0.15) is 17.6 Å². The van der Waals surface area contributed by atoms with Gasteiger partial charge in [-0.25, -0.2) is 9.78 Å². The van der Waals surface area contributed by atoms with Gasteiger partial charge in [0.05, 0.1) is 12.3 Å². The van der Waals surface area contributed by atoms with Crippen molar-refractivity contribution < 1.29 is 28.6 Å². The first-order valence-electron chi connectivity index (χ1n) is 14.0. The third kappa shape index (κ3) is 8.13. The van der Waals surface area contributed by atoms with Crippen LogP contribution in [0.1, 0.15) is 48.3 Å². The van der Waals surface area contributed by atoms with Gasteiger partial charge in [0.25, 0.3) is 0 Å². The molecule has 0 atom stereocenters. The molecule has 0 unspecified atom stereocenters. The highest BCUT2D eigenvalue weighted by atomic mass is 35.5. The molecular weight excluding hydrogens is 556 g/mol. The topological polar surface area (TPSA) is 111 Å². The second-order valence-corrected chi connectivity index (χ2v) is 10.2. The quantitative estimate of drug-likeness (QED) is 0.180. The Hall–Kier alpha value is -4.30. The van der Waals surface area contributed by atoms with Crippen LogP contribution in [0.25, 0.3) is 22.6 Å². The number of carbonyl (C=O) groups excluding carboxylic acids is 1. The summed E-state index contributed by atoms with van der Waals surface area (Å²) in [6.07, 6.45) is 3.32. The number of alkyl carbamates (subject to hydrolysis) is 1. The molecule has 220 valence electrons. The smallest absolute Gasteiger partial charge is 0.407 e. The summed E-state index contributed by atoms with van der Waals surface area (Å²) in [5.74, 6) is 1.07. The highest BCUT2D eigenvalue weighted by Crippen LogP contribution is 2.27. The lowest BCUT2D eigenvalue weighted by Crippen LogP contribution is -2.32. The van der Waals surface area contributed by atoms with E-state index in [1.807, 2.05) is 55.5 Å². The third-order valence-corrected chi connectivity index (χ3v) is 7.27. The van der Waals surface area contributed by atoms with Gasteiger partial charge >= 0.3 is 12.1 Å². The summed E-state index contributed by atoms with van der Waals surface area (Å²) < 4.78 is 17.3. The number of rotatable bonds is 12. The van der Waals surface area contributed by atoms with E-state index in [1.54, 1.807) is 0 Å². The van der Waals surface area contributed by atoms with Gasteiger partial charge in [0.2, 0.25) is 5.89 Å². The maximum Gasteiger partial charge on any atom is 0.407 e. The maximum atomic E-state index is 12.2. The van der Waals surface area contributed by atoms with Gasteiger partial charge in [-0.1, -0.05) is 48.5 Å². The standard InChI is InChI=1S/C33H34N2O6.ClH/c1-22-30(35-32(40-22)26-12-10-24(11-13-26)23-6-3-2-4-7-23)18-19-39-29-16-14-25(15-17-31(36)37)27(20-29)21-34-33(38)41-28-8-5-9-28;/h2-4,6-7,10-14,16,20,28H,5,8-9,15,17-19,21H2,1H3,(H,34,38)(H,36,37);1H. The molecule has 1 fully saturated rings. The van der Waals surface area contributed by atoms with Gasteiger partial charge in [-0.15, -0.1) is 12.4 Å². The monoisotopic (exact) mass is 590 g/mol. The van der Waals surface area contributed by atoms with Crippen LogP contribution < -0.4 is 10.1 Å². The number of halogens is 1. The van der Waals surface area contributed by atoms with Crippen molar-refractivity contribution in [2.24, 2.45) is 0 Å². The molecule has 0 radical (unpaired) electrons. The van der Waals surface area contributed by atoms with Crippen LogP contribution in [0, 0.1) is 6.92 Å². The Balaban J connectivity index is 0.00000405. The molecule has 9 heteroatoms. The number of aliphatic carboxylic acids is 1. The van der Waals surface area contributed by atoms with E-state index in [9.17, 15) is 9.59 Å². The lowest BCUT2D eigenvalue weighted by Gasteiger charge is -2.25. The van der Waals surface area contributed by atoms with E-state index in [1.165, 1.54) is 0 Å². The lowest BCUT2D eigenvalue weighted by molar-refractivity contribution is -0.136. The maximum absolute atomic E-state index is 12.2. The number of nitrogens with zero attached hydrogens (tertiary/aromatic N) is 1. The summed E-state index contributed by atoms with van der Waals surface area (Å²) in [5.41, 5.74) is 5.66. The highest BCUT2D eigenvalue weighted by molar-refractivity contribution is 5.85. The molecular formula is C33H35ClN2O6. The van der Waals surface area contributed by atoms with Crippen molar-refractivity contribution in [2.75, 3.05) is 6.61 Å². The summed E-state index contributed by atoms with van der Waals surface area (Å²) in [4.78, 5) is 28.0. The first-order chi connectivity index (χ1) is 19.9. The number of ether oxygens (including phenoxy) is 2. The van der Waals surface area contributed by atoms with Gasteiger partial charge in [0.15, 0.2) is 0 Å². The minimum absolute atomic E-state index is 0. The van der Waals surface area contributed by atoms with E-state index in [4.69, 9.17) is 24.0 Å². The summed E-state index contributed by atoms with van der Waals surface area (Å²) >= 11 is 0. The zero-order valence-electron chi connectivity index (χ0n) is 23.5. The molecule has 1 aliphatic carbocycles. The van der Waals surface area contributed by atoms with E-state index < -0.39 is 12.1 Å². The average Bonchev–Trinajstić information content (AvgIpc) is 3.34. The molecule has 1 heterocycles. The molecule has 8 nitrogen and oxygen atoms in total. The molecule has 1 aliphatic rings. The van der Waals surface area contributed by atoms with Gasteiger partial charge in [0, 0.05) is 24.9 Å². The Bertz CT molecular complexity index is 1480. The Morgan fingerprint density at radius 1 is 0.952 bits per heavy atom. The Kier molecular flexibility index (Phi) is 10.6. The molecule has 5 rings (SSSR count). The van der Waals surface area contributed by atoms with E-state index in [0.717, 1.165) is 58.5 Å². The number of aryl methyl sites for hydroxylation is 2. The molecule has 0 saturated heterocycles. The fourth-order valence-electron chi connectivity index (χ4n) is 4.68. The minimum atomic E-state index is -0.872. The molecule has 4 aromatic rings. The highest BCUT2D eigenvalue weighted by Gasteiger charge is 2.21. The van der Waals surface area contributed by atoms with Crippen molar-refractivity contribution in [3.8, 4) is 28.3 Å². The second kappa shape index (κ2) is 14.5. The molecule has 1 saturated carbocycles. The van der Waals surface area contributed by atoms with Crippen LogP contribution in [0.4, 0.5) is 4.79 Å². The Morgan fingerprint density at radius 2 is 1.67 bits per heavy atom.